The number of methoxy groups -OCH3 is 1. The largest absolute Gasteiger partial charge is 0.495 e. The lowest BCUT2D eigenvalue weighted by Gasteiger charge is -2.39. The molecule has 3 saturated heterocycles. The van der Waals surface area contributed by atoms with Crippen LogP contribution in [0.2, 0.25) is 0 Å². The predicted molar refractivity (Wildman–Crippen MR) is 231 cm³/mol. The minimum Gasteiger partial charge on any atom is -0.495 e. The summed E-state index contributed by atoms with van der Waals surface area (Å²) in [5.74, 6) is -4.75. The first kappa shape index (κ1) is 42.8. The second-order valence-corrected chi connectivity index (χ2v) is 18.5. The maximum atomic E-state index is 15.3. The molecule has 1 spiro atoms. The van der Waals surface area contributed by atoms with Crippen LogP contribution in [0.15, 0.2) is 42.6 Å². The van der Waals surface area contributed by atoms with Crippen molar-refractivity contribution in [1.29, 1.82) is 0 Å². The number of likely N-dealkylation sites (tertiary alicyclic amines) is 1. The van der Waals surface area contributed by atoms with E-state index in [-0.39, 0.29) is 58.9 Å². The molecule has 3 N–H and O–H groups in total. The lowest BCUT2D eigenvalue weighted by molar-refractivity contribution is -0.140. The average molecular weight is 872 g/mol. The van der Waals surface area contributed by atoms with Crippen molar-refractivity contribution in [3.63, 3.8) is 0 Å². The number of amides is 4. The number of hydrogen-bond donors (Lipinski definition) is 3. The van der Waals surface area contributed by atoms with Crippen LogP contribution in [0.25, 0.3) is 0 Å². The number of imide groups is 1. The van der Waals surface area contributed by atoms with E-state index in [1.165, 1.54) is 26.4 Å². The lowest BCUT2D eigenvalue weighted by atomic mass is 9.88. The summed E-state index contributed by atoms with van der Waals surface area (Å²) in [7, 11) is 2.82. The minimum absolute atomic E-state index is 0.151. The van der Waals surface area contributed by atoms with Gasteiger partial charge in [-0.25, -0.2) is 9.37 Å². The molecule has 336 valence electrons. The number of ether oxygens (including phenoxy) is 1. The van der Waals surface area contributed by atoms with Gasteiger partial charge in [0.15, 0.2) is 5.82 Å². The molecular weight excluding hydrogens is 816 g/mol. The molecule has 9 rings (SSSR count). The van der Waals surface area contributed by atoms with Gasteiger partial charge in [-0.1, -0.05) is 18.9 Å². The van der Waals surface area contributed by atoms with Crippen LogP contribution < -0.4 is 35.4 Å². The molecule has 0 bridgehead atoms. The standard InChI is InChI=1S/C46H56F3N9O5/c1-55-37-25-51-44(54-40(37)58(32-5-3-4-6-32)27-46(48,49)43(55)62)52-35-10-7-30(22-38(35)63-2)41(60)50-24-31-23-45(31)15-19-56(20-16-45)26-28-13-17-57(18-14-28)36-11-8-29(21-34(36)47)33-9-12-39(59)53-42(33)61/h7-8,10-11,21-22,25,28,31-33H,3-6,9,12-20,23-24,26-27H2,1-2H3,(H,50,60)(H,51,52,54)(H,53,59,61). The molecule has 63 heavy (non-hydrogen) atoms. The van der Waals surface area contributed by atoms with Crippen molar-refractivity contribution in [3.8, 4) is 5.75 Å². The van der Waals surface area contributed by atoms with Gasteiger partial charge in [0.25, 0.3) is 11.8 Å². The molecule has 2 aromatic carbocycles. The van der Waals surface area contributed by atoms with E-state index in [0.717, 1.165) is 95.4 Å². The highest BCUT2D eigenvalue weighted by atomic mass is 19.3. The molecule has 6 aliphatic rings. The highest BCUT2D eigenvalue weighted by molar-refractivity contribution is 6.02. The molecule has 2 saturated carbocycles. The Balaban J connectivity index is 0.739. The fourth-order valence-electron chi connectivity index (χ4n) is 10.7. The number of nitrogens with zero attached hydrogens (tertiary/aromatic N) is 6. The molecule has 2 aliphatic carbocycles. The number of nitrogens with one attached hydrogen (secondary N) is 3. The second-order valence-electron chi connectivity index (χ2n) is 18.5. The van der Waals surface area contributed by atoms with Crippen molar-refractivity contribution in [2.45, 2.75) is 88.5 Å². The van der Waals surface area contributed by atoms with E-state index in [1.54, 1.807) is 29.2 Å². The fraction of sp³-hybridized carbons (Fsp3) is 0.565. The number of aromatic nitrogens is 2. The summed E-state index contributed by atoms with van der Waals surface area (Å²) in [6.07, 6.45) is 10.6. The number of rotatable bonds is 11. The van der Waals surface area contributed by atoms with Crippen molar-refractivity contribution in [1.82, 2.24) is 25.5 Å². The summed E-state index contributed by atoms with van der Waals surface area (Å²) in [6.45, 7) is 4.49. The maximum Gasteiger partial charge on any atom is 0.342 e. The van der Waals surface area contributed by atoms with Gasteiger partial charge < -0.3 is 35.0 Å². The van der Waals surface area contributed by atoms with E-state index in [0.29, 0.717) is 53.1 Å². The van der Waals surface area contributed by atoms with Crippen molar-refractivity contribution >= 4 is 52.5 Å². The zero-order chi connectivity index (χ0) is 44.0. The summed E-state index contributed by atoms with van der Waals surface area (Å²) in [4.78, 5) is 66.1. The van der Waals surface area contributed by atoms with E-state index >= 15 is 13.2 Å². The summed E-state index contributed by atoms with van der Waals surface area (Å²) in [6, 6.07) is 9.95. The minimum atomic E-state index is -3.57. The monoisotopic (exact) mass is 871 g/mol. The van der Waals surface area contributed by atoms with Crippen LogP contribution >= 0.6 is 0 Å². The SMILES string of the molecule is COc1cc(C(=O)NCC2CC23CCN(CC2CCN(c4ccc(C5CCC(=O)NC5=O)cc4F)CC2)CC3)ccc1Nc1ncc2c(n1)N(C1CCCC1)CC(F)(F)C(=O)N2C. The first-order valence-corrected chi connectivity index (χ1v) is 22.4. The van der Waals surface area contributed by atoms with Crippen LogP contribution in [-0.4, -0.2) is 110 Å². The number of halogens is 3. The van der Waals surface area contributed by atoms with Gasteiger partial charge in [-0.05, 0) is 118 Å². The molecule has 2 atom stereocenters. The van der Waals surface area contributed by atoms with Crippen LogP contribution in [0.3, 0.4) is 0 Å². The van der Waals surface area contributed by atoms with Crippen molar-refractivity contribution in [2.24, 2.45) is 17.3 Å². The molecule has 1 aromatic heterocycles. The first-order valence-electron chi connectivity index (χ1n) is 22.4. The second kappa shape index (κ2) is 17.3. The third-order valence-corrected chi connectivity index (χ3v) is 14.7. The molecule has 5 heterocycles. The Kier molecular flexibility index (Phi) is 11.7. The van der Waals surface area contributed by atoms with Gasteiger partial charge in [0, 0.05) is 51.3 Å². The first-order chi connectivity index (χ1) is 30.3. The van der Waals surface area contributed by atoms with Crippen LogP contribution in [0.4, 0.5) is 42.0 Å². The number of alkyl halides is 2. The number of hydrogen-bond acceptors (Lipinski definition) is 11. The Morgan fingerprint density at radius 3 is 2.44 bits per heavy atom. The Bertz CT molecular complexity index is 2260. The number of carbonyl (C=O) groups excluding carboxylic acids is 4. The normalized spacial score (nSPS) is 24.0. The Hall–Kier alpha value is -5.45. The summed E-state index contributed by atoms with van der Waals surface area (Å²) in [5.41, 5.74) is 2.59. The summed E-state index contributed by atoms with van der Waals surface area (Å²) >= 11 is 0. The van der Waals surface area contributed by atoms with Crippen molar-refractivity contribution in [2.75, 3.05) is 80.0 Å². The summed E-state index contributed by atoms with van der Waals surface area (Å²) in [5, 5.41) is 8.64. The molecule has 17 heteroatoms. The number of fused-ring (bicyclic) bond motifs is 1. The molecule has 14 nitrogen and oxygen atoms in total. The average Bonchev–Trinajstić information content (AvgIpc) is 3.66. The van der Waals surface area contributed by atoms with Crippen LogP contribution in [-0.2, 0) is 14.4 Å². The number of anilines is 5. The van der Waals surface area contributed by atoms with Crippen LogP contribution in [0.1, 0.15) is 92.5 Å². The van der Waals surface area contributed by atoms with E-state index in [9.17, 15) is 19.2 Å². The number of piperidine rings is 3. The Labute approximate surface area is 365 Å². The van der Waals surface area contributed by atoms with Gasteiger partial charge in [0.1, 0.15) is 17.3 Å². The number of carbonyl (C=O) groups is 4. The molecule has 2 unspecified atom stereocenters. The number of benzene rings is 2. The Morgan fingerprint density at radius 2 is 1.73 bits per heavy atom. The molecule has 4 aliphatic heterocycles. The topological polar surface area (TPSA) is 152 Å². The van der Waals surface area contributed by atoms with Gasteiger partial charge >= 0.3 is 5.92 Å². The zero-order valence-electron chi connectivity index (χ0n) is 35.9. The van der Waals surface area contributed by atoms with Crippen LogP contribution in [0.5, 0.6) is 5.75 Å². The highest BCUT2D eigenvalue weighted by Gasteiger charge is 2.54. The van der Waals surface area contributed by atoms with Gasteiger partial charge in [-0.3, -0.25) is 24.5 Å². The van der Waals surface area contributed by atoms with Crippen molar-refractivity contribution < 1.29 is 37.1 Å². The van der Waals surface area contributed by atoms with E-state index < -0.39 is 24.3 Å². The van der Waals surface area contributed by atoms with E-state index in [2.05, 4.69) is 35.7 Å². The molecule has 3 aromatic rings. The predicted octanol–water partition coefficient (Wildman–Crippen LogP) is 6.00. The lowest BCUT2D eigenvalue weighted by Crippen LogP contribution is -2.48. The van der Waals surface area contributed by atoms with Gasteiger partial charge in [0.2, 0.25) is 17.8 Å². The van der Waals surface area contributed by atoms with E-state index in [1.807, 2.05) is 6.07 Å². The van der Waals surface area contributed by atoms with Gasteiger partial charge in [0.05, 0.1) is 37.1 Å². The van der Waals surface area contributed by atoms with Gasteiger partial charge in [-0.2, -0.15) is 13.8 Å². The smallest absolute Gasteiger partial charge is 0.342 e. The Morgan fingerprint density at radius 1 is 0.968 bits per heavy atom. The maximum absolute atomic E-state index is 15.3. The fourth-order valence-corrected chi connectivity index (χ4v) is 10.7. The van der Waals surface area contributed by atoms with E-state index in [4.69, 9.17) is 4.74 Å². The zero-order valence-corrected chi connectivity index (χ0v) is 35.9. The molecule has 0 radical (unpaired) electrons. The van der Waals surface area contributed by atoms with Crippen molar-refractivity contribution in [3.05, 3.63) is 59.5 Å². The highest BCUT2D eigenvalue weighted by Crippen LogP contribution is 2.59. The third-order valence-electron chi connectivity index (χ3n) is 14.7. The molecule has 4 amide bonds. The quantitative estimate of drug-likeness (QED) is 0.195. The molecular formula is C46H56F3N9O5. The van der Waals surface area contributed by atoms with Gasteiger partial charge in [-0.15, -0.1) is 0 Å². The third kappa shape index (κ3) is 8.77. The molecule has 5 fully saturated rings. The summed E-state index contributed by atoms with van der Waals surface area (Å²) < 4.78 is 51.0. The van der Waals surface area contributed by atoms with Crippen LogP contribution in [0, 0.1) is 23.1 Å².